The van der Waals surface area contributed by atoms with Crippen molar-refractivity contribution >= 4 is 23.4 Å². The van der Waals surface area contributed by atoms with Crippen molar-refractivity contribution in [2.45, 2.75) is 37.3 Å². The van der Waals surface area contributed by atoms with Crippen molar-refractivity contribution in [2.75, 3.05) is 17.7 Å². The third kappa shape index (κ3) is 3.74. The lowest BCUT2D eigenvalue weighted by Crippen LogP contribution is -2.32. The van der Waals surface area contributed by atoms with Crippen molar-refractivity contribution in [1.29, 1.82) is 0 Å². The highest BCUT2D eigenvalue weighted by molar-refractivity contribution is 7.99. The van der Waals surface area contributed by atoms with Crippen LogP contribution in [0.1, 0.15) is 43.2 Å². The number of Topliss-reactive ketones (excluding diaryl/α,β-unsaturated/α-hetero) is 1. The van der Waals surface area contributed by atoms with E-state index in [-0.39, 0.29) is 11.3 Å². The zero-order chi connectivity index (χ0) is 20.4. The van der Waals surface area contributed by atoms with Gasteiger partial charge in [-0.25, -0.2) is 4.98 Å². The number of allylic oxidation sites excluding steroid dienone is 2. The Labute approximate surface area is 173 Å². The molecule has 6 nitrogen and oxygen atoms in total. The molecule has 150 valence electrons. The zero-order valence-electron chi connectivity index (χ0n) is 16.3. The molecule has 2 aliphatic rings. The molecule has 0 spiro atoms. The number of fused-ring (bicyclic) bond motifs is 1. The van der Waals surface area contributed by atoms with Crippen LogP contribution in [-0.2, 0) is 4.79 Å². The molecule has 1 unspecified atom stereocenters. The SMILES string of the molecule is C=CCSc1nc2c(c(=O)[nH]1)C(c1ccc(OCC)cc1)C1=C(CCCC1=O)N2. The number of hydrogen-bond donors (Lipinski definition) is 2. The minimum absolute atomic E-state index is 0.0905. The quantitative estimate of drug-likeness (QED) is 0.426. The number of benzene rings is 1. The van der Waals surface area contributed by atoms with Crippen LogP contribution in [0.3, 0.4) is 0 Å². The molecule has 2 aromatic rings. The minimum atomic E-state index is -0.431. The van der Waals surface area contributed by atoms with E-state index in [1.807, 2.05) is 31.2 Å². The van der Waals surface area contributed by atoms with E-state index < -0.39 is 5.92 Å². The third-order valence-corrected chi connectivity index (χ3v) is 5.97. The summed E-state index contributed by atoms with van der Waals surface area (Å²) < 4.78 is 5.54. The first-order valence-electron chi connectivity index (χ1n) is 9.76. The number of aromatic amines is 1. The molecule has 0 amide bonds. The number of nitrogens with one attached hydrogen (secondary N) is 2. The highest BCUT2D eigenvalue weighted by Gasteiger charge is 2.37. The minimum Gasteiger partial charge on any atom is -0.494 e. The number of thioether (sulfide) groups is 1. The van der Waals surface area contributed by atoms with Gasteiger partial charge in [0.25, 0.3) is 5.56 Å². The number of aromatic nitrogens is 2. The van der Waals surface area contributed by atoms with Crippen molar-refractivity contribution in [1.82, 2.24) is 9.97 Å². The lowest BCUT2D eigenvalue weighted by Gasteiger charge is -2.32. The molecule has 7 heteroatoms. The van der Waals surface area contributed by atoms with Crippen molar-refractivity contribution in [3.8, 4) is 5.75 Å². The second-order valence-electron chi connectivity index (χ2n) is 6.96. The predicted molar refractivity (Wildman–Crippen MR) is 115 cm³/mol. The number of nitrogens with zero attached hydrogens (tertiary/aromatic N) is 1. The number of rotatable bonds is 6. The molecule has 0 fully saturated rings. The van der Waals surface area contributed by atoms with Crippen molar-refractivity contribution in [2.24, 2.45) is 0 Å². The zero-order valence-corrected chi connectivity index (χ0v) is 17.1. The molecular weight excluding hydrogens is 386 g/mol. The van der Waals surface area contributed by atoms with Gasteiger partial charge in [0.15, 0.2) is 10.9 Å². The molecule has 1 aromatic heterocycles. The van der Waals surface area contributed by atoms with Gasteiger partial charge in [-0.1, -0.05) is 30.0 Å². The summed E-state index contributed by atoms with van der Waals surface area (Å²) in [6, 6.07) is 7.61. The van der Waals surface area contributed by atoms with Gasteiger partial charge >= 0.3 is 0 Å². The molecule has 1 aliphatic heterocycles. The lowest BCUT2D eigenvalue weighted by molar-refractivity contribution is -0.116. The van der Waals surface area contributed by atoms with E-state index in [9.17, 15) is 9.59 Å². The summed E-state index contributed by atoms with van der Waals surface area (Å²) in [6.45, 7) is 6.22. The summed E-state index contributed by atoms with van der Waals surface area (Å²) in [5, 5.41) is 3.82. The van der Waals surface area contributed by atoms with E-state index in [2.05, 4.69) is 21.9 Å². The first-order chi connectivity index (χ1) is 14.1. The first kappa shape index (κ1) is 19.5. The summed E-state index contributed by atoms with van der Waals surface area (Å²) in [7, 11) is 0. The molecule has 1 atom stereocenters. The fraction of sp³-hybridized carbons (Fsp3) is 0.318. The van der Waals surface area contributed by atoms with Crippen LogP contribution in [0.5, 0.6) is 5.75 Å². The van der Waals surface area contributed by atoms with Crippen LogP contribution >= 0.6 is 11.8 Å². The van der Waals surface area contributed by atoms with E-state index in [1.165, 1.54) is 11.8 Å². The number of H-pyrrole nitrogens is 1. The fourth-order valence-corrected chi connectivity index (χ4v) is 4.50. The van der Waals surface area contributed by atoms with Gasteiger partial charge in [0.05, 0.1) is 12.2 Å². The van der Waals surface area contributed by atoms with Crippen molar-refractivity contribution in [3.05, 3.63) is 69.7 Å². The van der Waals surface area contributed by atoms with E-state index in [0.29, 0.717) is 40.9 Å². The van der Waals surface area contributed by atoms with Gasteiger partial charge in [-0.3, -0.25) is 9.59 Å². The summed E-state index contributed by atoms with van der Waals surface area (Å²) in [6.07, 6.45) is 3.84. The molecule has 1 aromatic carbocycles. The Hall–Kier alpha value is -2.80. The first-order valence-corrected chi connectivity index (χ1v) is 10.7. The van der Waals surface area contributed by atoms with Crippen molar-refractivity contribution < 1.29 is 9.53 Å². The molecule has 2 N–H and O–H groups in total. The molecule has 29 heavy (non-hydrogen) atoms. The van der Waals surface area contributed by atoms with Crippen LogP contribution in [0, 0.1) is 0 Å². The average Bonchev–Trinajstić information content (AvgIpc) is 2.72. The third-order valence-electron chi connectivity index (χ3n) is 5.10. The Morgan fingerprint density at radius 1 is 1.28 bits per heavy atom. The van der Waals surface area contributed by atoms with E-state index >= 15 is 0 Å². The Kier molecular flexibility index (Phi) is 5.58. The Bertz CT molecular complexity index is 1040. The van der Waals surface area contributed by atoms with Crippen molar-refractivity contribution in [3.63, 3.8) is 0 Å². The Balaban J connectivity index is 1.85. The second kappa shape index (κ2) is 8.29. The monoisotopic (exact) mass is 409 g/mol. The predicted octanol–water partition coefficient (Wildman–Crippen LogP) is 4.01. The highest BCUT2D eigenvalue weighted by atomic mass is 32.2. The van der Waals surface area contributed by atoms with Gasteiger partial charge in [0, 0.05) is 29.4 Å². The summed E-state index contributed by atoms with van der Waals surface area (Å²) in [5.74, 6) is 1.61. The normalized spacial score (nSPS) is 18.0. The smallest absolute Gasteiger partial charge is 0.257 e. The molecule has 1 aliphatic carbocycles. The van der Waals surface area contributed by atoms with Crippen LogP contribution in [-0.4, -0.2) is 28.1 Å². The maximum atomic E-state index is 13.0. The largest absolute Gasteiger partial charge is 0.494 e. The molecule has 4 rings (SSSR count). The van der Waals surface area contributed by atoms with E-state index in [1.54, 1.807) is 6.08 Å². The molecule has 0 saturated carbocycles. The number of carbonyl (C=O) groups is 1. The maximum Gasteiger partial charge on any atom is 0.257 e. The topological polar surface area (TPSA) is 84.1 Å². The lowest BCUT2D eigenvalue weighted by atomic mass is 9.76. The molecule has 0 radical (unpaired) electrons. The van der Waals surface area contributed by atoms with Gasteiger partial charge in [0.1, 0.15) is 11.6 Å². The number of ketones is 1. The van der Waals surface area contributed by atoms with Crippen LogP contribution in [0.4, 0.5) is 5.82 Å². The number of carbonyl (C=O) groups excluding carboxylic acids is 1. The van der Waals surface area contributed by atoms with Gasteiger partial charge in [-0.05, 0) is 37.5 Å². The highest BCUT2D eigenvalue weighted by Crippen LogP contribution is 2.43. The van der Waals surface area contributed by atoms with Crippen LogP contribution in [0.15, 0.2) is 58.1 Å². The average molecular weight is 410 g/mol. The van der Waals surface area contributed by atoms with Gasteiger partial charge in [-0.15, -0.1) is 6.58 Å². The number of anilines is 1. The number of hydrogen-bond acceptors (Lipinski definition) is 6. The molecule has 0 saturated heterocycles. The van der Waals surface area contributed by atoms with E-state index in [0.717, 1.165) is 29.9 Å². The molecule has 0 bridgehead atoms. The summed E-state index contributed by atoms with van der Waals surface area (Å²) >= 11 is 1.42. The maximum absolute atomic E-state index is 13.0. The fourth-order valence-electron chi connectivity index (χ4n) is 3.90. The van der Waals surface area contributed by atoms with Gasteiger partial charge in [0.2, 0.25) is 0 Å². The van der Waals surface area contributed by atoms with Crippen LogP contribution in [0.2, 0.25) is 0 Å². The Morgan fingerprint density at radius 3 is 2.79 bits per heavy atom. The van der Waals surface area contributed by atoms with Gasteiger partial charge < -0.3 is 15.0 Å². The summed E-state index contributed by atoms with van der Waals surface area (Å²) in [5.41, 5.74) is 2.72. The molecule has 2 heterocycles. The summed E-state index contributed by atoms with van der Waals surface area (Å²) in [4.78, 5) is 33.4. The standard InChI is InChI=1S/C22H23N3O3S/c1-3-12-29-22-24-20-19(21(27)25-22)17(13-8-10-14(11-9-13)28-4-2)18-15(23-20)6-5-7-16(18)26/h3,8-11,17H,1,4-7,12H2,2H3,(H2,23,24,25,27). The Morgan fingerprint density at radius 2 is 2.07 bits per heavy atom. The van der Waals surface area contributed by atoms with Crippen LogP contribution < -0.4 is 15.6 Å². The van der Waals surface area contributed by atoms with E-state index in [4.69, 9.17) is 4.74 Å². The second-order valence-corrected chi connectivity index (χ2v) is 7.97. The molecular formula is C22H23N3O3S. The van der Waals surface area contributed by atoms with Crippen LogP contribution in [0.25, 0.3) is 0 Å². The van der Waals surface area contributed by atoms with Gasteiger partial charge in [-0.2, -0.15) is 0 Å². The number of ether oxygens (including phenoxy) is 1.